The van der Waals surface area contributed by atoms with Crippen LogP contribution < -0.4 is 4.90 Å². The molecule has 1 amide bonds. The summed E-state index contributed by atoms with van der Waals surface area (Å²) < 4.78 is 1.95. The van der Waals surface area contributed by atoms with E-state index in [1.807, 2.05) is 29.1 Å². The van der Waals surface area contributed by atoms with E-state index in [1.165, 1.54) is 25.7 Å². The Morgan fingerprint density at radius 3 is 2.67 bits per heavy atom. The van der Waals surface area contributed by atoms with Crippen LogP contribution in [-0.4, -0.2) is 51.2 Å². The molecule has 0 aromatic carbocycles. The second kappa shape index (κ2) is 8.55. The molecule has 6 heteroatoms. The number of rotatable bonds is 5. The highest BCUT2D eigenvalue weighted by Gasteiger charge is 2.27. The molecule has 2 aliphatic heterocycles. The zero-order chi connectivity index (χ0) is 18.5. The molecule has 0 N–H and O–H groups in total. The van der Waals surface area contributed by atoms with Gasteiger partial charge in [0, 0.05) is 50.8 Å². The van der Waals surface area contributed by atoms with Crippen molar-refractivity contribution in [3.63, 3.8) is 0 Å². The lowest BCUT2D eigenvalue weighted by molar-refractivity contribution is 0.0593. The van der Waals surface area contributed by atoms with E-state index in [4.69, 9.17) is 0 Å². The maximum atomic E-state index is 13.1. The van der Waals surface area contributed by atoms with Crippen molar-refractivity contribution in [2.75, 3.05) is 24.5 Å². The van der Waals surface area contributed by atoms with Gasteiger partial charge in [0.2, 0.25) is 0 Å². The summed E-state index contributed by atoms with van der Waals surface area (Å²) in [4.78, 5) is 22.1. The molecule has 0 unspecified atom stereocenters. The molecule has 2 aromatic rings. The molecule has 0 spiro atoms. The van der Waals surface area contributed by atoms with Crippen LogP contribution in [0, 0.1) is 0 Å². The standard InChI is InChI=1S/C21H29N5O/c27-21(18-8-9-20(22-17-18)24-12-3-1-4-13-24)26-15-5-2-7-19(26)10-16-25-14-6-11-23-25/h6,8-9,11,14,17,19H,1-5,7,10,12-13,15-16H2/t19-/m1/s1. The van der Waals surface area contributed by atoms with Gasteiger partial charge >= 0.3 is 0 Å². The molecule has 2 saturated heterocycles. The second-order valence-electron chi connectivity index (χ2n) is 7.66. The summed E-state index contributed by atoms with van der Waals surface area (Å²) in [5.41, 5.74) is 0.710. The van der Waals surface area contributed by atoms with Gasteiger partial charge in [-0.15, -0.1) is 0 Å². The topological polar surface area (TPSA) is 54.3 Å². The number of anilines is 1. The van der Waals surface area contributed by atoms with Crippen LogP contribution in [-0.2, 0) is 6.54 Å². The molecule has 2 fully saturated rings. The van der Waals surface area contributed by atoms with Crippen LogP contribution in [0.4, 0.5) is 5.82 Å². The maximum Gasteiger partial charge on any atom is 0.255 e. The van der Waals surface area contributed by atoms with Gasteiger partial charge in [0.15, 0.2) is 0 Å². The van der Waals surface area contributed by atoms with Crippen molar-refractivity contribution in [1.29, 1.82) is 0 Å². The summed E-state index contributed by atoms with van der Waals surface area (Å²) in [6, 6.07) is 6.20. The summed E-state index contributed by atoms with van der Waals surface area (Å²) in [6.45, 7) is 3.84. The molecule has 1 atom stereocenters. The zero-order valence-electron chi connectivity index (χ0n) is 16.0. The van der Waals surface area contributed by atoms with Gasteiger partial charge in [0.25, 0.3) is 5.91 Å². The number of pyridine rings is 1. The molecule has 0 saturated carbocycles. The predicted molar refractivity (Wildman–Crippen MR) is 106 cm³/mol. The van der Waals surface area contributed by atoms with E-state index in [9.17, 15) is 4.79 Å². The molecule has 4 rings (SSSR count). The van der Waals surface area contributed by atoms with Crippen molar-refractivity contribution in [2.45, 2.75) is 57.5 Å². The Hall–Kier alpha value is -2.37. The summed E-state index contributed by atoms with van der Waals surface area (Å²) in [5, 5.41) is 4.28. The number of hydrogen-bond donors (Lipinski definition) is 0. The van der Waals surface area contributed by atoms with Gasteiger partial charge in [-0.3, -0.25) is 9.48 Å². The van der Waals surface area contributed by atoms with E-state index < -0.39 is 0 Å². The van der Waals surface area contributed by atoms with Gasteiger partial charge in [-0.2, -0.15) is 5.10 Å². The smallest absolute Gasteiger partial charge is 0.255 e. The molecule has 2 aromatic heterocycles. The van der Waals surface area contributed by atoms with E-state index >= 15 is 0 Å². The largest absolute Gasteiger partial charge is 0.357 e. The quantitative estimate of drug-likeness (QED) is 0.813. The highest BCUT2D eigenvalue weighted by atomic mass is 16.2. The molecule has 0 bridgehead atoms. The highest BCUT2D eigenvalue weighted by molar-refractivity contribution is 5.94. The van der Waals surface area contributed by atoms with Crippen molar-refractivity contribution in [2.24, 2.45) is 0 Å². The zero-order valence-corrected chi connectivity index (χ0v) is 16.0. The fourth-order valence-electron chi connectivity index (χ4n) is 4.27. The first-order valence-electron chi connectivity index (χ1n) is 10.3. The molecule has 0 radical (unpaired) electrons. The molecule has 27 heavy (non-hydrogen) atoms. The van der Waals surface area contributed by atoms with Gasteiger partial charge in [-0.1, -0.05) is 0 Å². The number of carbonyl (C=O) groups is 1. The Balaban J connectivity index is 1.41. The number of piperidine rings is 2. The van der Waals surface area contributed by atoms with Gasteiger partial charge in [-0.25, -0.2) is 4.98 Å². The van der Waals surface area contributed by atoms with E-state index in [-0.39, 0.29) is 11.9 Å². The summed E-state index contributed by atoms with van der Waals surface area (Å²) in [6.07, 6.45) is 13.6. The van der Waals surface area contributed by atoms with Gasteiger partial charge in [0.1, 0.15) is 5.82 Å². The van der Waals surface area contributed by atoms with Crippen LogP contribution in [0.1, 0.15) is 55.3 Å². The number of likely N-dealkylation sites (tertiary alicyclic amines) is 1. The number of aryl methyl sites for hydroxylation is 1. The van der Waals surface area contributed by atoms with E-state index in [0.29, 0.717) is 5.56 Å². The second-order valence-corrected chi connectivity index (χ2v) is 7.66. The van der Waals surface area contributed by atoms with E-state index in [2.05, 4.69) is 19.9 Å². The molecular weight excluding hydrogens is 338 g/mol. The minimum atomic E-state index is 0.123. The Morgan fingerprint density at radius 2 is 1.93 bits per heavy atom. The fraction of sp³-hybridized carbons (Fsp3) is 0.571. The number of nitrogens with zero attached hydrogens (tertiary/aromatic N) is 5. The Morgan fingerprint density at radius 1 is 1.07 bits per heavy atom. The van der Waals surface area contributed by atoms with E-state index in [0.717, 1.165) is 51.3 Å². The maximum absolute atomic E-state index is 13.1. The van der Waals surface area contributed by atoms with Crippen molar-refractivity contribution < 1.29 is 4.79 Å². The first-order chi connectivity index (χ1) is 13.3. The lowest BCUT2D eigenvalue weighted by Crippen LogP contribution is -2.44. The van der Waals surface area contributed by atoms with Crippen molar-refractivity contribution in [3.05, 3.63) is 42.4 Å². The van der Waals surface area contributed by atoms with Crippen molar-refractivity contribution in [1.82, 2.24) is 19.7 Å². The highest BCUT2D eigenvalue weighted by Crippen LogP contribution is 2.23. The van der Waals surface area contributed by atoms with Crippen LogP contribution in [0.5, 0.6) is 0 Å². The van der Waals surface area contributed by atoms with Gasteiger partial charge in [-0.05, 0) is 63.1 Å². The molecule has 144 valence electrons. The van der Waals surface area contributed by atoms with Crippen LogP contribution in [0.3, 0.4) is 0 Å². The molecule has 0 aliphatic carbocycles. The normalized spacial score (nSPS) is 20.7. The van der Waals surface area contributed by atoms with Gasteiger partial charge < -0.3 is 9.80 Å². The Kier molecular flexibility index (Phi) is 5.70. The summed E-state index contributed by atoms with van der Waals surface area (Å²) >= 11 is 0. The number of amides is 1. The number of carbonyl (C=O) groups excluding carboxylic acids is 1. The minimum Gasteiger partial charge on any atom is -0.357 e. The van der Waals surface area contributed by atoms with E-state index in [1.54, 1.807) is 12.4 Å². The average molecular weight is 367 g/mol. The van der Waals surface area contributed by atoms with Gasteiger partial charge in [0.05, 0.1) is 5.56 Å². The third kappa shape index (κ3) is 4.31. The SMILES string of the molecule is O=C(c1ccc(N2CCCCC2)nc1)N1CCCC[C@@H]1CCn1cccn1. The van der Waals surface area contributed by atoms with Crippen molar-refractivity contribution >= 4 is 11.7 Å². The average Bonchev–Trinajstić information content (AvgIpc) is 3.26. The third-order valence-electron chi connectivity index (χ3n) is 5.81. The first-order valence-corrected chi connectivity index (χ1v) is 10.3. The first kappa shape index (κ1) is 18.0. The predicted octanol–water partition coefficient (Wildman–Crippen LogP) is 3.35. The summed E-state index contributed by atoms with van der Waals surface area (Å²) in [5.74, 6) is 1.12. The van der Waals surface area contributed by atoms with Crippen LogP contribution in [0.2, 0.25) is 0 Å². The molecule has 6 nitrogen and oxygen atoms in total. The van der Waals surface area contributed by atoms with Crippen LogP contribution in [0.15, 0.2) is 36.8 Å². The fourth-order valence-corrected chi connectivity index (χ4v) is 4.27. The summed E-state index contributed by atoms with van der Waals surface area (Å²) in [7, 11) is 0. The molecule has 2 aliphatic rings. The molecular formula is C21H29N5O. The Labute approximate surface area is 161 Å². The monoisotopic (exact) mass is 367 g/mol. The minimum absolute atomic E-state index is 0.123. The molecule has 4 heterocycles. The lowest BCUT2D eigenvalue weighted by Gasteiger charge is -2.36. The van der Waals surface area contributed by atoms with Crippen LogP contribution >= 0.6 is 0 Å². The third-order valence-corrected chi connectivity index (χ3v) is 5.81. The van der Waals surface area contributed by atoms with Crippen molar-refractivity contribution in [3.8, 4) is 0 Å². The number of hydrogen-bond acceptors (Lipinski definition) is 4. The lowest BCUT2D eigenvalue weighted by atomic mass is 9.98. The van der Waals surface area contributed by atoms with Crippen LogP contribution in [0.25, 0.3) is 0 Å². The number of aromatic nitrogens is 3. The Bertz CT molecular complexity index is 722.